The van der Waals surface area contributed by atoms with Crippen molar-refractivity contribution in [2.24, 2.45) is 0 Å². The van der Waals surface area contributed by atoms with Gasteiger partial charge in [-0.1, -0.05) is 0 Å². The first-order chi connectivity index (χ1) is 12.0. The molecule has 0 aliphatic carbocycles. The number of hydrogen-bond donors (Lipinski definition) is 2. The largest absolute Gasteiger partial charge is 0.507 e. The maximum atomic E-state index is 12.1. The number of non-ortho nitro benzene ring substituents is 1. The van der Waals surface area contributed by atoms with E-state index >= 15 is 0 Å². The highest BCUT2D eigenvalue weighted by atomic mass is 16.6. The van der Waals surface area contributed by atoms with Gasteiger partial charge in [0.05, 0.1) is 23.1 Å². The molecular weight excluding hydrogens is 326 g/mol. The number of nitro benzene ring substituents is 1. The smallest absolute Gasteiger partial charge is 0.274 e. The molecule has 0 fully saturated rings. The first kappa shape index (κ1) is 16.2. The third-order valence-corrected chi connectivity index (χ3v) is 3.57. The van der Waals surface area contributed by atoms with Crippen molar-refractivity contribution in [2.45, 2.75) is 0 Å². The Morgan fingerprint density at radius 1 is 1.28 bits per heavy atom. The summed E-state index contributed by atoms with van der Waals surface area (Å²) in [6, 6.07) is 10.6. The van der Waals surface area contributed by atoms with Crippen LogP contribution in [0.3, 0.4) is 0 Å². The van der Waals surface area contributed by atoms with E-state index in [1.165, 1.54) is 31.4 Å². The molecule has 1 aromatic heterocycles. The van der Waals surface area contributed by atoms with Gasteiger partial charge < -0.3 is 14.8 Å². The lowest BCUT2D eigenvalue weighted by Gasteiger charge is -2.03. The van der Waals surface area contributed by atoms with Crippen LogP contribution in [-0.2, 0) is 0 Å². The van der Waals surface area contributed by atoms with Gasteiger partial charge in [0.2, 0.25) is 0 Å². The third-order valence-electron chi connectivity index (χ3n) is 3.57. The molecule has 3 rings (SSSR count). The Morgan fingerprint density at radius 2 is 2.00 bits per heavy atom. The van der Waals surface area contributed by atoms with Crippen LogP contribution >= 0.6 is 0 Å². The lowest BCUT2D eigenvalue weighted by molar-refractivity contribution is -0.384. The van der Waals surface area contributed by atoms with Crippen LogP contribution in [0.15, 0.2) is 47.3 Å². The number of fused-ring (bicyclic) bond motifs is 1. The van der Waals surface area contributed by atoms with Crippen LogP contribution in [0.25, 0.3) is 22.9 Å². The number of aliphatic hydroxyl groups is 1. The Morgan fingerprint density at radius 3 is 2.64 bits per heavy atom. The highest BCUT2D eigenvalue weighted by molar-refractivity contribution is 5.80. The molecule has 2 aromatic carbocycles. The van der Waals surface area contributed by atoms with Crippen LogP contribution in [0.2, 0.25) is 0 Å². The molecule has 0 aliphatic heterocycles. The second kappa shape index (κ2) is 6.44. The van der Waals surface area contributed by atoms with E-state index in [4.69, 9.17) is 4.74 Å². The van der Waals surface area contributed by atoms with Gasteiger partial charge >= 0.3 is 0 Å². The predicted molar refractivity (Wildman–Crippen MR) is 92.5 cm³/mol. The summed E-state index contributed by atoms with van der Waals surface area (Å²) in [6.45, 7) is 0. The zero-order valence-electron chi connectivity index (χ0n) is 13.1. The summed E-state index contributed by atoms with van der Waals surface area (Å²) in [5.74, 6) is 0.502. The molecule has 8 nitrogen and oxygen atoms in total. The average molecular weight is 339 g/mol. The molecule has 0 radical (unpaired) electrons. The maximum Gasteiger partial charge on any atom is 0.274 e. The van der Waals surface area contributed by atoms with Crippen molar-refractivity contribution in [3.63, 3.8) is 0 Å². The molecule has 3 aromatic rings. The number of benzene rings is 2. The van der Waals surface area contributed by atoms with Crippen LogP contribution in [0.5, 0.6) is 5.75 Å². The number of aromatic nitrogens is 2. The zero-order chi connectivity index (χ0) is 18.0. The van der Waals surface area contributed by atoms with E-state index in [-0.39, 0.29) is 22.7 Å². The average Bonchev–Trinajstić information content (AvgIpc) is 2.61. The molecule has 0 unspecified atom stereocenters. The third kappa shape index (κ3) is 3.32. The number of aromatic amines is 1. The molecule has 0 bridgehead atoms. The van der Waals surface area contributed by atoms with Gasteiger partial charge in [0.1, 0.15) is 17.2 Å². The van der Waals surface area contributed by atoms with E-state index in [1.807, 2.05) is 0 Å². The van der Waals surface area contributed by atoms with Crippen molar-refractivity contribution in [3.8, 4) is 5.75 Å². The minimum absolute atomic E-state index is 0.00493. The van der Waals surface area contributed by atoms with Crippen LogP contribution in [-0.4, -0.2) is 27.1 Å². The van der Waals surface area contributed by atoms with E-state index in [0.717, 1.165) is 0 Å². The summed E-state index contributed by atoms with van der Waals surface area (Å²) in [5.41, 5.74) is 0.405. The molecule has 126 valence electrons. The Balaban J connectivity index is 2.02. The first-order valence-corrected chi connectivity index (χ1v) is 7.21. The van der Waals surface area contributed by atoms with E-state index in [0.29, 0.717) is 16.8 Å². The van der Waals surface area contributed by atoms with Crippen molar-refractivity contribution in [2.75, 3.05) is 7.11 Å². The molecule has 0 spiro atoms. The highest BCUT2D eigenvalue weighted by Gasteiger charge is 2.10. The second-order valence-electron chi connectivity index (χ2n) is 5.17. The molecule has 25 heavy (non-hydrogen) atoms. The van der Waals surface area contributed by atoms with Crippen LogP contribution in [0, 0.1) is 10.1 Å². The van der Waals surface area contributed by atoms with E-state index in [9.17, 15) is 20.0 Å². The molecule has 1 heterocycles. The topological polar surface area (TPSA) is 118 Å². The van der Waals surface area contributed by atoms with Gasteiger partial charge in [0.25, 0.3) is 11.2 Å². The summed E-state index contributed by atoms with van der Waals surface area (Å²) >= 11 is 0. The fraction of sp³-hybridized carbons (Fsp3) is 0.0588. The number of nitrogens with zero attached hydrogens (tertiary/aromatic N) is 2. The van der Waals surface area contributed by atoms with Gasteiger partial charge in [0, 0.05) is 23.8 Å². The van der Waals surface area contributed by atoms with Crippen molar-refractivity contribution in [1.82, 2.24) is 9.97 Å². The number of aliphatic hydroxyl groups excluding tert-OH is 1. The summed E-state index contributed by atoms with van der Waals surface area (Å²) in [7, 11) is 1.54. The first-order valence-electron chi connectivity index (χ1n) is 7.21. The lowest BCUT2D eigenvalue weighted by atomic mass is 10.1. The summed E-state index contributed by atoms with van der Waals surface area (Å²) in [4.78, 5) is 29.0. The minimum atomic E-state index is -0.562. The number of rotatable bonds is 4. The fourth-order valence-corrected chi connectivity index (χ4v) is 2.27. The van der Waals surface area contributed by atoms with Crippen molar-refractivity contribution >= 4 is 28.6 Å². The quantitative estimate of drug-likeness (QED) is 0.428. The Kier molecular flexibility index (Phi) is 4.17. The zero-order valence-corrected chi connectivity index (χ0v) is 13.1. The Labute approximate surface area is 141 Å². The predicted octanol–water partition coefficient (Wildman–Crippen LogP) is 2.90. The van der Waals surface area contributed by atoms with E-state index < -0.39 is 10.5 Å². The molecule has 0 saturated carbocycles. The lowest BCUT2D eigenvalue weighted by Crippen LogP contribution is -2.12. The summed E-state index contributed by atoms with van der Waals surface area (Å²) in [5, 5.41) is 21.0. The van der Waals surface area contributed by atoms with E-state index in [2.05, 4.69) is 9.97 Å². The summed E-state index contributed by atoms with van der Waals surface area (Å²) in [6.07, 6.45) is 1.24. The standard InChI is InChI=1S/C17H13N3O5/c1-25-12-5-2-10(3-6-12)16(21)9-15-17(22)19-14-8-11(20(23)24)4-7-13(14)18-15/h2-9,21H,1H3,(H,19,22). The number of nitro groups is 1. The number of ether oxygens (including phenoxy) is 1. The maximum absolute atomic E-state index is 12.1. The van der Waals surface area contributed by atoms with Crippen molar-refractivity contribution < 1.29 is 14.8 Å². The number of hydrogen-bond acceptors (Lipinski definition) is 6. The molecule has 0 saturated heterocycles. The van der Waals surface area contributed by atoms with Crippen LogP contribution in [0.1, 0.15) is 11.3 Å². The number of methoxy groups -OCH3 is 1. The van der Waals surface area contributed by atoms with Crippen LogP contribution < -0.4 is 10.3 Å². The number of H-pyrrole nitrogens is 1. The molecular formula is C17H13N3O5. The minimum Gasteiger partial charge on any atom is -0.507 e. The fourth-order valence-electron chi connectivity index (χ4n) is 2.27. The Hall–Kier alpha value is -3.68. The molecule has 0 amide bonds. The van der Waals surface area contributed by atoms with Crippen LogP contribution in [0.4, 0.5) is 5.69 Å². The van der Waals surface area contributed by atoms with Crippen molar-refractivity contribution in [3.05, 3.63) is 74.2 Å². The second-order valence-corrected chi connectivity index (χ2v) is 5.17. The number of nitrogens with one attached hydrogen (secondary N) is 1. The van der Waals surface area contributed by atoms with Gasteiger partial charge in [-0.15, -0.1) is 0 Å². The van der Waals surface area contributed by atoms with Gasteiger partial charge in [-0.05, 0) is 30.3 Å². The molecule has 0 atom stereocenters. The molecule has 0 aliphatic rings. The van der Waals surface area contributed by atoms with Crippen molar-refractivity contribution in [1.29, 1.82) is 0 Å². The van der Waals surface area contributed by atoms with Gasteiger partial charge in [0.15, 0.2) is 0 Å². The van der Waals surface area contributed by atoms with Gasteiger partial charge in [-0.3, -0.25) is 14.9 Å². The molecule has 8 heteroatoms. The summed E-state index contributed by atoms with van der Waals surface area (Å²) < 4.78 is 5.04. The van der Waals surface area contributed by atoms with Gasteiger partial charge in [-0.25, -0.2) is 4.98 Å². The Bertz CT molecular complexity index is 1040. The van der Waals surface area contributed by atoms with E-state index in [1.54, 1.807) is 24.3 Å². The highest BCUT2D eigenvalue weighted by Crippen LogP contribution is 2.20. The SMILES string of the molecule is COc1ccc(C(O)=Cc2nc3ccc([N+](=O)[O-])cc3[nH]c2=O)cc1. The normalized spacial score (nSPS) is 11.5. The molecule has 2 N–H and O–H groups in total. The monoisotopic (exact) mass is 339 g/mol. The van der Waals surface area contributed by atoms with Gasteiger partial charge in [-0.2, -0.15) is 0 Å².